The summed E-state index contributed by atoms with van der Waals surface area (Å²) in [6.07, 6.45) is 4.27. The van der Waals surface area contributed by atoms with Gasteiger partial charge in [-0.3, -0.25) is 4.98 Å². The van der Waals surface area contributed by atoms with E-state index in [1.807, 2.05) is 18.3 Å². The minimum absolute atomic E-state index is 0.0137. The first-order valence-corrected chi connectivity index (χ1v) is 12.4. The predicted octanol–water partition coefficient (Wildman–Crippen LogP) is 4.71. The molecule has 0 aliphatic carbocycles. The second-order valence-electron chi connectivity index (χ2n) is 9.49. The average Bonchev–Trinajstić information content (AvgIpc) is 3.54. The van der Waals surface area contributed by atoms with Gasteiger partial charge in [-0.15, -0.1) is 0 Å². The average molecular weight is 476 g/mol. The van der Waals surface area contributed by atoms with Crippen molar-refractivity contribution in [2.45, 2.75) is 44.9 Å². The van der Waals surface area contributed by atoms with E-state index < -0.39 is 0 Å². The number of aromatic nitrogens is 2. The van der Waals surface area contributed by atoms with Crippen molar-refractivity contribution in [3.8, 4) is 5.69 Å². The molecule has 2 fully saturated rings. The van der Waals surface area contributed by atoms with Crippen LogP contribution in [0.3, 0.4) is 0 Å². The third-order valence-corrected chi connectivity index (χ3v) is 7.39. The second kappa shape index (κ2) is 9.39. The molecule has 6 nitrogen and oxygen atoms in total. The van der Waals surface area contributed by atoms with Gasteiger partial charge in [0.1, 0.15) is 0 Å². The van der Waals surface area contributed by atoms with Crippen LogP contribution in [0.5, 0.6) is 0 Å². The predicted molar refractivity (Wildman–Crippen MR) is 141 cm³/mol. The Hall–Kier alpha value is -2.90. The first-order chi connectivity index (χ1) is 16.4. The van der Waals surface area contributed by atoms with Gasteiger partial charge in [-0.2, -0.15) is 0 Å². The number of aryl methyl sites for hydroxylation is 1. The molecule has 0 bridgehead atoms. The summed E-state index contributed by atoms with van der Waals surface area (Å²) in [6, 6.07) is 17.2. The van der Waals surface area contributed by atoms with Crippen molar-refractivity contribution in [2.75, 3.05) is 32.1 Å². The fourth-order valence-corrected chi connectivity index (χ4v) is 5.65. The zero-order chi connectivity index (χ0) is 23.8. The van der Waals surface area contributed by atoms with E-state index in [0.29, 0.717) is 0 Å². The highest BCUT2D eigenvalue weighted by molar-refractivity contribution is 7.80. The number of nitrogens with one attached hydrogen (secondary N) is 1. The molecular weight excluding hydrogens is 442 g/mol. The third-order valence-electron chi connectivity index (χ3n) is 7.04. The summed E-state index contributed by atoms with van der Waals surface area (Å²) < 4.78 is 8.34. The molecule has 34 heavy (non-hydrogen) atoms. The number of anilines is 1. The molecule has 1 aromatic carbocycles. The number of hydrogen-bond donors (Lipinski definition) is 1. The van der Waals surface area contributed by atoms with Gasteiger partial charge >= 0.3 is 0 Å². The lowest BCUT2D eigenvalue weighted by Crippen LogP contribution is -2.36. The summed E-state index contributed by atoms with van der Waals surface area (Å²) >= 11 is 5.86. The molecular formula is C27H33N5OS. The zero-order valence-electron chi connectivity index (χ0n) is 20.4. The van der Waals surface area contributed by atoms with Crippen molar-refractivity contribution in [1.29, 1.82) is 0 Å². The third kappa shape index (κ3) is 4.18. The molecule has 3 atom stereocenters. The van der Waals surface area contributed by atoms with Crippen molar-refractivity contribution < 1.29 is 4.74 Å². The van der Waals surface area contributed by atoms with E-state index in [0.717, 1.165) is 36.8 Å². The molecule has 7 heteroatoms. The highest BCUT2D eigenvalue weighted by Gasteiger charge is 2.42. The number of rotatable bonds is 6. The molecule has 2 aliphatic rings. The van der Waals surface area contributed by atoms with E-state index in [1.165, 1.54) is 28.3 Å². The number of nitrogens with zero attached hydrogens (tertiary/aromatic N) is 4. The van der Waals surface area contributed by atoms with Crippen LogP contribution in [0, 0.1) is 13.8 Å². The first kappa shape index (κ1) is 22.9. The number of pyridine rings is 1. The summed E-state index contributed by atoms with van der Waals surface area (Å²) in [4.78, 5) is 9.14. The lowest BCUT2D eigenvalue weighted by Gasteiger charge is -2.30. The van der Waals surface area contributed by atoms with Gasteiger partial charge in [-0.05, 0) is 86.9 Å². The topological polar surface area (TPSA) is 45.6 Å². The fraction of sp³-hybridized carbons (Fsp3) is 0.407. The Morgan fingerprint density at radius 3 is 2.59 bits per heavy atom. The Balaban J connectivity index is 1.56. The van der Waals surface area contributed by atoms with Gasteiger partial charge in [0, 0.05) is 56.2 Å². The van der Waals surface area contributed by atoms with Gasteiger partial charge < -0.3 is 24.4 Å². The smallest absolute Gasteiger partial charge is 0.170 e. The molecule has 2 aliphatic heterocycles. The van der Waals surface area contributed by atoms with Crippen molar-refractivity contribution in [3.05, 3.63) is 77.4 Å². The van der Waals surface area contributed by atoms with Crippen LogP contribution in [-0.2, 0) is 4.74 Å². The highest BCUT2D eigenvalue weighted by atomic mass is 32.1. The maximum atomic E-state index is 5.99. The van der Waals surface area contributed by atoms with E-state index >= 15 is 0 Å². The van der Waals surface area contributed by atoms with E-state index in [1.54, 1.807) is 0 Å². The highest BCUT2D eigenvalue weighted by Crippen LogP contribution is 2.42. The van der Waals surface area contributed by atoms with E-state index in [4.69, 9.17) is 17.0 Å². The van der Waals surface area contributed by atoms with Gasteiger partial charge in [-0.25, -0.2) is 0 Å². The SMILES string of the molecule is Cc1cc([C@@H]2[C@H](c3ccccn3)NC(=S)N2C[C@H]2CCCO2)c(C)n1-c1ccc(N(C)C)cc1. The lowest BCUT2D eigenvalue weighted by atomic mass is 9.96. The molecule has 5 rings (SSSR count). The Bertz CT molecular complexity index is 1150. The molecule has 4 heterocycles. The standard InChI is InChI=1S/C27H33N5OS/c1-18-16-23(19(2)32(18)21-12-10-20(11-13-21)30(3)4)26-25(24-9-5-6-14-28-24)29-27(34)31(26)17-22-8-7-15-33-22/h5-6,9-14,16,22,25-26H,7-8,15,17H2,1-4H3,(H,29,34)/t22-,25+,26-/m1/s1. The van der Waals surface area contributed by atoms with Crippen molar-refractivity contribution in [1.82, 2.24) is 19.8 Å². The number of thiocarbonyl (C=S) groups is 1. The largest absolute Gasteiger partial charge is 0.378 e. The number of benzene rings is 1. The van der Waals surface area contributed by atoms with E-state index in [9.17, 15) is 0 Å². The molecule has 178 valence electrons. The number of ether oxygens (including phenoxy) is 1. The van der Waals surface area contributed by atoms with Crippen LogP contribution in [0.4, 0.5) is 5.69 Å². The van der Waals surface area contributed by atoms with Gasteiger partial charge in [-0.1, -0.05) is 6.07 Å². The van der Waals surface area contributed by atoms with Crippen LogP contribution in [-0.4, -0.2) is 52.9 Å². The van der Waals surface area contributed by atoms with Crippen LogP contribution < -0.4 is 10.2 Å². The molecule has 3 aromatic rings. The number of hydrogen-bond acceptors (Lipinski definition) is 4. The maximum absolute atomic E-state index is 5.99. The lowest BCUT2D eigenvalue weighted by molar-refractivity contribution is 0.0842. The molecule has 0 unspecified atom stereocenters. The molecule has 2 aromatic heterocycles. The van der Waals surface area contributed by atoms with E-state index in [2.05, 4.69) is 89.0 Å². The van der Waals surface area contributed by atoms with Crippen LogP contribution in [0.15, 0.2) is 54.7 Å². The summed E-state index contributed by atoms with van der Waals surface area (Å²) in [6.45, 7) is 6.02. The Morgan fingerprint density at radius 1 is 1.15 bits per heavy atom. The second-order valence-corrected chi connectivity index (χ2v) is 9.87. The van der Waals surface area contributed by atoms with Crippen molar-refractivity contribution >= 4 is 23.0 Å². The van der Waals surface area contributed by atoms with E-state index in [-0.39, 0.29) is 18.2 Å². The van der Waals surface area contributed by atoms with Crippen molar-refractivity contribution in [2.24, 2.45) is 0 Å². The first-order valence-electron chi connectivity index (χ1n) is 12.0. The van der Waals surface area contributed by atoms with Crippen LogP contribution in [0.1, 0.15) is 47.6 Å². The fourth-order valence-electron chi connectivity index (χ4n) is 5.33. The Morgan fingerprint density at radius 2 is 1.94 bits per heavy atom. The minimum Gasteiger partial charge on any atom is -0.378 e. The molecule has 0 saturated carbocycles. The summed E-state index contributed by atoms with van der Waals surface area (Å²) in [5, 5.41) is 4.36. The summed E-state index contributed by atoms with van der Waals surface area (Å²) in [5.74, 6) is 0. The molecule has 0 spiro atoms. The summed E-state index contributed by atoms with van der Waals surface area (Å²) in [5.41, 5.74) is 7.07. The molecule has 0 radical (unpaired) electrons. The quantitative estimate of drug-likeness (QED) is 0.521. The van der Waals surface area contributed by atoms with Gasteiger partial charge in [0.25, 0.3) is 0 Å². The van der Waals surface area contributed by atoms with Crippen LogP contribution in [0.25, 0.3) is 5.69 Å². The van der Waals surface area contributed by atoms with Crippen LogP contribution >= 0.6 is 12.2 Å². The van der Waals surface area contributed by atoms with Gasteiger partial charge in [0.05, 0.1) is 23.9 Å². The summed E-state index contributed by atoms with van der Waals surface area (Å²) in [7, 11) is 4.13. The van der Waals surface area contributed by atoms with Gasteiger partial charge in [0.15, 0.2) is 5.11 Å². The molecule has 1 N–H and O–H groups in total. The normalized spacial score (nSPS) is 22.3. The Kier molecular flexibility index (Phi) is 6.32. The molecule has 0 amide bonds. The van der Waals surface area contributed by atoms with Gasteiger partial charge in [0.2, 0.25) is 0 Å². The zero-order valence-corrected chi connectivity index (χ0v) is 21.2. The van der Waals surface area contributed by atoms with Crippen molar-refractivity contribution in [3.63, 3.8) is 0 Å². The minimum atomic E-state index is -0.0137. The monoisotopic (exact) mass is 475 g/mol. The maximum Gasteiger partial charge on any atom is 0.170 e. The Labute approximate surface area is 207 Å². The van der Waals surface area contributed by atoms with Crippen LogP contribution in [0.2, 0.25) is 0 Å². The molecule has 2 saturated heterocycles.